The van der Waals surface area contributed by atoms with Crippen LogP contribution in [0.3, 0.4) is 0 Å². The average molecular weight is 722 g/mol. The van der Waals surface area contributed by atoms with Crippen molar-refractivity contribution in [3.63, 3.8) is 0 Å². The Morgan fingerprint density at radius 1 is 0.489 bits per heavy atom. The second-order valence-electron chi connectivity index (χ2n) is 9.67. The van der Waals surface area contributed by atoms with Crippen LogP contribution in [-0.2, 0) is 22.4 Å². The fourth-order valence-corrected chi connectivity index (χ4v) is 5.94. The van der Waals surface area contributed by atoms with Gasteiger partial charge in [-0.15, -0.1) is 0 Å². The summed E-state index contributed by atoms with van der Waals surface area (Å²) in [6, 6.07) is 53.2. The minimum atomic E-state index is 0. The molecule has 0 bridgehead atoms. The van der Waals surface area contributed by atoms with Crippen molar-refractivity contribution in [2.75, 3.05) is 0 Å². The SMILES string of the molecule is Brc1ccc2c(c1)c1ccccc1n2-c1ccccc1.S.S=S.[B]=NS.c1ccc(-n2c3ccccc3c3ccccc32)cc1. The molecule has 0 atom stereocenters. The van der Waals surface area contributed by atoms with Gasteiger partial charge in [0.15, 0.2) is 0 Å². The second-order valence-corrected chi connectivity index (χ2v) is 10.8. The van der Waals surface area contributed by atoms with Gasteiger partial charge in [0.25, 0.3) is 0 Å². The summed E-state index contributed by atoms with van der Waals surface area (Å²) in [5, 5.41) is 5.18. The molecular weight excluding hydrogens is 693 g/mol. The maximum Gasteiger partial charge on any atom is 0.0541 e. The van der Waals surface area contributed by atoms with Crippen LogP contribution in [0, 0.1) is 0 Å². The predicted molar refractivity (Wildman–Crippen MR) is 212 cm³/mol. The molecule has 0 N–H and O–H groups in total. The van der Waals surface area contributed by atoms with E-state index in [1.165, 1.54) is 55.0 Å². The fourth-order valence-electron chi connectivity index (χ4n) is 5.58. The van der Waals surface area contributed by atoms with E-state index in [0.717, 1.165) is 4.47 Å². The molecule has 0 unspecified atom stereocenters. The Morgan fingerprint density at radius 3 is 1.20 bits per heavy atom. The van der Waals surface area contributed by atoms with Gasteiger partial charge in [0, 0.05) is 59.8 Å². The maximum atomic E-state index is 4.34. The van der Waals surface area contributed by atoms with Crippen LogP contribution in [0.1, 0.15) is 0 Å². The molecule has 0 aliphatic heterocycles. The Morgan fingerprint density at radius 2 is 0.800 bits per heavy atom. The molecule has 2 aromatic heterocycles. The molecule has 8 aromatic rings. The summed E-state index contributed by atoms with van der Waals surface area (Å²) in [6.45, 7) is 0. The van der Waals surface area contributed by atoms with Gasteiger partial charge in [-0.2, -0.15) is 13.5 Å². The summed E-state index contributed by atoms with van der Waals surface area (Å²) < 4.78 is 8.45. The summed E-state index contributed by atoms with van der Waals surface area (Å²) in [7, 11) is 4.34. The van der Waals surface area contributed by atoms with Crippen molar-refractivity contribution in [3.8, 4) is 11.4 Å². The zero-order valence-electron chi connectivity index (χ0n) is 24.0. The van der Waals surface area contributed by atoms with Crippen molar-refractivity contribution in [2.24, 2.45) is 4.30 Å². The van der Waals surface area contributed by atoms with E-state index in [-0.39, 0.29) is 13.5 Å². The van der Waals surface area contributed by atoms with Crippen molar-refractivity contribution < 1.29 is 0 Å². The molecule has 9 heteroatoms. The van der Waals surface area contributed by atoms with Crippen LogP contribution < -0.4 is 0 Å². The smallest absolute Gasteiger partial charge is 0.0541 e. The van der Waals surface area contributed by atoms with E-state index in [1.807, 2.05) is 6.07 Å². The first-order chi connectivity index (χ1) is 21.7. The van der Waals surface area contributed by atoms with Crippen LogP contribution >= 0.6 is 42.2 Å². The Bertz CT molecular complexity index is 2110. The van der Waals surface area contributed by atoms with E-state index in [9.17, 15) is 0 Å². The van der Waals surface area contributed by atoms with Crippen LogP contribution in [0.2, 0.25) is 0 Å². The van der Waals surface area contributed by atoms with Gasteiger partial charge in [0.2, 0.25) is 0 Å². The second kappa shape index (κ2) is 16.6. The molecule has 6 aromatic carbocycles. The van der Waals surface area contributed by atoms with Gasteiger partial charge in [-0.3, -0.25) is 0 Å². The van der Waals surface area contributed by atoms with Crippen LogP contribution in [0.15, 0.2) is 160 Å². The van der Waals surface area contributed by atoms with Gasteiger partial charge in [-0.05, 0) is 60.7 Å². The predicted octanol–water partition coefficient (Wildman–Crippen LogP) is 10.6. The largest absolute Gasteiger partial charge is 0.309 e. The monoisotopic (exact) mass is 720 g/mol. The maximum absolute atomic E-state index is 4.34. The number of nitrogens with zero attached hydrogens (tertiary/aromatic N) is 3. The number of benzene rings is 6. The fraction of sp³-hybridized carbons (Fsp3) is 0. The number of halogens is 1. The molecule has 2 heterocycles. The quantitative estimate of drug-likeness (QED) is 0.142. The summed E-state index contributed by atoms with van der Waals surface area (Å²) in [5.74, 6) is 0. The summed E-state index contributed by atoms with van der Waals surface area (Å²) >= 11 is 14.1. The first-order valence-electron chi connectivity index (χ1n) is 13.7. The average Bonchev–Trinajstić information content (AvgIpc) is 3.60. The van der Waals surface area contributed by atoms with Crippen LogP contribution in [-0.4, -0.2) is 16.8 Å². The van der Waals surface area contributed by atoms with Crippen molar-refractivity contribution in [2.45, 2.75) is 0 Å². The van der Waals surface area contributed by atoms with Crippen LogP contribution in [0.25, 0.3) is 55.0 Å². The van der Waals surface area contributed by atoms with Gasteiger partial charge in [-0.25, -0.2) is 0 Å². The molecule has 45 heavy (non-hydrogen) atoms. The molecule has 0 saturated heterocycles. The van der Waals surface area contributed by atoms with Gasteiger partial charge < -0.3 is 9.13 Å². The van der Waals surface area contributed by atoms with Crippen molar-refractivity contribution >= 4 is 116 Å². The van der Waals surface area contributed by atoms with Crippen molar-refractivity contribution in [3.05, 3.63) is 156 Å². The molecule has 0 saturated carbocycles. The van der Waals surface area contributed by atoms with Crippen molar-refractivity contribution in [1.82, 2.24) is 9.13 Å². The van der Waals surface area contributed by atoms with E-state index >= 15 is 0 Å². The van der Waals surface area contributed by atoms with E-state index in [1.54, 1.807) is 0 Å². The normalized spacial score (nSPS) is 10.1. The summed E-state index contributed by atoms with van der Waals surface area (Å²) in [4.78, 5) is 0. The van der Waals surface area contributed by atoms with Gasteiger partial charge in [-0.1, -0.05) is 107 Å². The van der Waals surface area contributed by atoms with Crippen LogP contribution in [0.4, 0.5) is 0 Å². The Hall–Kier alpha value is -3.60. The summed E-state index contributed by atoms with van der Waals surface area (Å²) in [5.41, 5.74) is 7.40. The van der Waals surface area contributed by atoms with Crippen LogP contribution in [0.5, 0.6) is 0 Å². The zero-order valence-corrected chi connectivity index (χ0v) is 29.1. The zero-order chi connectivity index (χ0) is 30.9. The number of hydrogen-bond donors (Lipinski definition) is 1. The molecular formula is C36H28BBrN3S4. The Balaban J connectivity index is 0.000000176. The first kappa shape index (κ1) is 34.3. The van der Waals surface area contributed by atoms with Gasteiger partial charge in [0.1, 0.15) is 0 Å². The summed E-state index contributed by atoms with van der Waals surface area (Å²) in [6.07, 6.45) is 0. The molecule has 3 nitrogen and oxygen atoms in total. The molecule has 8 rings (SSSR count). The number of rotatable bonds is 2. The van der Waals surface area contributed by atoms with E-state index in [0.29, 0.717) is 0 Å². The molecule has 0 fully saturated rings. The topological polar surface area (TPSA) is 22.2 Å². The van der Waals surface area contributed by atoms with E-state index < -0.39 is 0 Å². The third-order valence-corrected chi connectivity index (χ3v) is 7.74. The molecule has 0 spiro atoms. The minimum Gasteiger partial charge on any atom is -0.309 e. The Labute approximate surface area is 294 Å². The van der Waals surface area contributed by atoms with E-state index in [4.69, 9.17) is 0 Å². The third-order valence-electron chi connectivity index (χ3n) is 7.24. The Kier molecular flexibility index (Phi) is 12.7. The molecule has 221 valence electrons. The minimum absolute atomic E-state index is 0. The van der Waals surface area contributed by atoms with Gasteiger partial charge >= 0.3 is 24.8 Å². The third kappa shape index (κ3) is 7.29. The number of para-hydroxylation sites is 5. The number of fused-ring (bicyclic) bond motifs is 6. The first-order valence-corrected chi connectivity index (χ1v) is 16.2. The number of aromatic nitrogens is 2. The van der Waals surface area contributed by atoms with Crippen molar-refractivity contribution in [1.29, 1.82) is 0 Å². The number of thiol groups is 1. The number of hydrogen-bond acceptors (Lipinski definition) is 4. The standard InChI is InChI=1S/C18H12BrN.C18H13N.BHNS.S2.H2S/c19-13-10-11-18-16(12-13)15-8-4-5-9-17(15)20(18)14-6-2-1-3-7-14;1-2-8-14(9-3-1)19-17-12-6-4-10-15(17)16-11-5-7-13-18(16)19;1-2-3;1-2;/h1-12H;1-13H;3H;;1H2. The molecule has 0 amide bonds. The van der Waals surface area contributed by atoms with Gasteiger partial charge in [0.05, 0.1) is 22.1 Å². The molecule has 0 aliphatic carbocycles. The molecule has 0 aliphatic rings. The molecule has 1 radical (unpaired) electrons. The van der Waals surface area contributed by atoms with E-state index in [2.05, 4.69) is 218 Å².